The van der Waals surface area contributed by atoms with Gasteiger partial charge in [-0.05, 0) is 63.0 Å². The number of methoxy groups -OCH3 is 1. The Bertz CT molecular complexity index is 848. The second-order valence-corrected chi connectivity index (χ2v) is 7.81. The summed E-state index contributed by atoms with van der Waals surface area (Å²) in [5.41, 5.74) is 2.72. The smallest absolute Gasteiger partial charge is 0.253 e. The first kappa shape index (κ1) is 23.3. The van der Waals surface area contributed by atoms with Crippen LogP contribution < -0.4 is 15.8 Å². The summed E-state index contributed by atoms with van der Waals surface area (Å²) in [6.07, 6.45) is 0.890. The molecule has 1 aromatic carbocycles. The van der Waals surface area contributed by atoms with Crippen molar-refractivity contribution >= 4 is 28.2 Å². The fourth-order valence-corrected chi connectivity index (χ4v) is 3.62. The van der Waals surface area contributed by atoms with Gasteiger partial charge in [-0.3, -0.25) is 4.79 Å². The Morgan fingerprint density at radius 3 is 2.72 bits per heavy atom. The number of thiocarbonyl (C=S) groups is 1. The minimum Gasteiger partial charge on any atom is -0.385 e. The summed E-state index contributed by atoms with van der Waals surface area (Å²) < 4.78 is 5.11. The van der Waals surface area contributed by atoms with Crippen LogP contribution in [0.5, 0.6) is 0 Å². The summed E-state index contributed by atoms with van der Waals surface area (Å²) in [4.78, 5) is 19.3. The van der Waals surface area contributed by atoms with Gasteiger partial charge in [-0.25, -0.2) is 0 Å². The molecule has 0 unspecified atom stereocenters. The van der Waals surface area contributed by atoms with E-state index in [0.29, 0.717) is 18.3 Å². The predicted molar refractivity (Wildman–Crippen MR) is 124 cm³/mol. The minimum atomic E-state index is -0.0521. The van der Waals surface area contributed by atoms with Crippen LogP contribution in [0.25, 0.3) is 10.9 Å². The lowest BCUT2D eigenvalue weighted by atomic mass is 10.1. The highest BCUT2D eigenvalue weighted by Gasteiger charge is 2.15. The first-order valence-electron chi connectivity index (χ1n) is 10.5. The molecule has 0 aliphatic rings. The molecule has 2 aromatic rings. The van der Waals surface area contributed by atoms with Crippen molar-refractivity contribution in [3.05, 3.63) is 45.7 Å². The van der Waals surface area contributed by atoms with Crippen LogP contribution in [0.15, 0.2) is 29.1 Å². The van der Waals surface area contributed by atoms with Gasteiger partial charge in [-0.1, -0.05) is 11.6 Å². The summed E-state index contributed by atoms with van der Waals surface area (Å²) in [5, 5.41) is 5.06. The van der Waals surface area contributed by atoms with Crippen LogP contribution in [0.2, 0.25) is 0 Å². The third-order valence-corrected chi connectivity index (χ3v) is 5.66. The molecule has 1 heterocycles. The van der Waals surface area contributed by atoms with Crippen molar-refractivity contribution in [2.75, 3.05) is 46.4 Å². The molecule has 0 aliphatic carbocycles. The van der Waals surface area contributed by atoms with E-state index in [-0.39, 0.29) is 5.56 Å². The first-order valence-corrected chi connectivity index (χ1v) is 10.9. The maximum Gasteiger partial charge on any atom is 0.253 e. The van der Waals surface area contributed by atoms with Gasteiger partial charge < -0.3 is 24.8 Å². The van der Waals surface area contributed by atoms with Gasteiger partial charge in [-0.2, -0.15) is 0 Å². The average molecular weight is 420 g/mol. The van der Waals surface area contributed by atoms with E-state index in [4.69, 9.17) is 17.0 Å². The molecular weight excluding hydrogens is 384 g/mol. The molecule has 0 saturated carbocycles. The van der Waals surface area contributed by atoms with Crippen molar-refractivity contribution in [2.24, 2.45) is 0 Å². The summed E-state index contributed by atoms with van der Waals surface area (Å²) in [5.74, 6) is 0. The number of fused-ring (bicyclic) bond motifs is 1. The quantitative estimate of drug-likeness (QED) is 0.380. The number of hydrogen-bond acceptors (Lipinski definition) is 3. The number of hydrogen-bond donors (Lipinski definition) is 3. The van der Waals surface area contributed by atoms with E-state index in [9.17, 15) is 4.79 Å². The van der Waals surface area contributed by atoms with Crippen LogP contribution in [0.3, 0.4) is 0 Å². The number of H-pyrrole nitrogens is 1. The lowest BCUT2D eigenvalue weighted by Crippen LogP contribution is -3.12. The van der Waals surface area contributed by atoms with Crippen LogP contribution in [0.1, 0.15) is 31.4 Å². The van der Waals surface area contributed by atoms with E-state index >= 15 is 0 Å². The molecule has 7 heteroatoms. The zero-order valence-electron chi connectivity index (χ0n) is 18.1. The molecule has 0 amide bonds. The molecule has 29 heavy (non-hydrogen) atoms. The van der Waals surface area contributed by atoms with Gasteiger partial charge in [0.05, 0.1) is 32.7 Å². The first-order chi connectivity index (χ1) is 14.0. The van der Waals surface area contributed by atoms with Crippen LogP contribution in [-0.2, 0) is 11.3 Å². The van der Waals surface area contributed by atoms with E-state index in [1.165, 1.54) is 10.5 Å². The third-order valence-electron chi connectivity index (χ3n) is 5.26. The Balaban J connectivity index is 2.18. The second kappa shape index (κ2) is 11.9. The van der Waals surface area contributed by atoms with Crippen LogP contribution >= 0.6 is 12.2 Å². The van der Waals surface area contributed by atoms with Gasteiger partial charge >= 0.3 is 0 Å². The molecule has 2 rings (SSSR count). The molecule has 3 N–H and O–H groups in total. The third kappa shape index (κ3) is 7.10. The van der Waals surface area contributed by atoms with Gasteiger partial charge in [-0.15, -0.1) is 0 Å². The van der Waals surface area contributed by atoms with E-state index in [0.717, 1.165) is 55.6 Å². The second-order valence-electron chi connectivity index (χ2n) is 7.42. The van der Waals surface area contributed by atoms with Crippen LogP contribution in [0.4, 0.5) is 0 Å². The highest BCUT2D eigenvalue weighted by molar-refractivity contribution is 7.80. The van der Waals surface area contributed by atoms with Crippen molar-refractivity contribution in [3.63, 3.8) is 0 Å². The number of nitrogens with zero attached hydrogens (tertiary/aromatic N) is 1. The molecule has 0 spiro atoms. The minimum absolute atomic E-state index is 0.0521. The molecule has 6 nitrogen and oxygen atoms in total. The lowest BCUT2D eigenvalue weighted by Gasteiger charge is -2.27. The topological polar surface area (TPSA) is 61.8 Å². The molecule has 0 atom stereocenters. The normalized spacial score (nSPS) is 11.2. The fraction of sp³-hybridized carbons (Fsp3) is 0.545. The number of nitrogens with one attached hydrogen (secondary N) is 3. The van der Waals surface area contributed by atoms with E-state index in [2.05, 4.69) is 42.0 Å². The SMILES string of the molecule is CC[NH+](CC)CCN(Cc1cc2cc(C)ccc2[nH]c1=O)C(=S)NCCCOC. The molecule has 0 fully saturated rings. The maximum atomic E-state index is 12.7. The molecule has 0 aliphatic heterocycles. The highest BCUT2D eigenvalue weighted by Crippen LogP contribution is 2.14. The fourth-order valence-electron chi connectivity index (χ4n) is 3.37. The van der Waals surface area contributed by atoms with Gasteiger partial charge in [0, 0.05) is 31.3 Å². The predicted octanol–water partition coefficient (Wildman–Crippen LogP) is 1.47. The highest BCUT2D eigenvalue weighted by atomic mass is 32.1. The largest absolute Gasteiger partial charge is 0.385 e. The van der Waals surface area contributed by atoms with Crippen molar-refractivity contribution in [1.82, 2.24) is 15.2 Å². The van der Waals surface area contributed by atoms with Crippen molar-refractivity contribution in [1.29, 1.82) is 0 Å². The Morgan fingerprint density at radius 2 is 2.03 bits per heavy atom. The number of ether oxygens (including phenoxy) is 1. The number of aromatic amines is 1. The molecular formula is C22H35N4O2S+. The molecule has 0 saturated heterocycles. The number of rotatable bonds is 11. The number of likely N-dealkylation sites (N-methyl/N-ethyl adjacent to an activating group) is 1. The Hall–Kier alpha value is -1.96. The molecule has 1 aromatic heterocycles. The van der Waals surface area contributed by atoms with Gasteiger partial charge in [0.2, 0.25) is 0 Å². The van der Waals surface area contributed by atoms with E-state index in [1.54, 1.807) is 7.11 Å². The summed E-state index contributed by atoms with van der Waals surface area (Å²) >= 11 is 5.66. The Kier molecular flexibility index (Phi) is 9.57. The number of aromatic nitrogens is 1. The zero-order valence-corrected chi connectivity index (χ0v) is 19.0. The monoisotopic (exact) mass is 419 g/mol. The summed E-state index contributed by atoms with van der Waals surface area (Å²) in [7, 11) is 1.70. The summed E-state index contributed by atoms with van der Waals surface area (Å²) in [6, 6.07) is 8.06. The Labute approximate surface area is 179 Å². The average Bonchev–Trinajstić information content (AvgIpc) is 2.71. The summed E-state index contributed by atoms with van der Waals surface area (Å²) in [6.45, 7) is 12.3. The zero-order chi connectivity index (χ0) is 21.2. The van der Waals surface area contributed by atoms with Crippen LogP contribution in [-0.4, -0.2) is 61.4 Å². The van der Waals surface area contributed by atoms with Gasteiger partial charge in [0.1, 0.15) is 0 Å². The number of aryl methyl sites for hydroxylation is 1. The molecule has 0 radical (unpaired) electrons. The van der Waals surface area contributed by atoms with Crippen LogP contribution in [0, 0.1) is 6.92 Å². The number of quaternary nitrogens is 1. The Morgan fingerprint density at radius 1 is 1.28 bits per heavy atom. The molecule has 0 bridgehead atoms. The van der Waals surface area contributed by atoms with Crippen molar-refractivity contribution < 1.29 is 9.64 Å². The van der Waals surface area contributed by atoms with Crippen molar-refractivity contribution in [2.45, 2.75) is 33.7 Å². The van der Waals surface area contributed by atoms with Crippen molar-refractivity contribution in [3.8, 4) is 0 Å². The standard InChI is InChI=1S/C22H34N4O2S/c1-5-25(6-2)11-12-26(22(29)23-10-7-13-28-4)16-19-15-18-14-17(3)8-9-20(18)24-21(19)27/h8-9,14-15H,5-7,10-13,16H2,1-4H3,(H,23,29)(H,24,27)/p+1. The van der Waals surface area contributed by atoms with Gasteiger partial charge in [0.25, 0.3) is 5.56 Å². The van der Waals surface area contributed by atoms with Gasteiger partial charge in [0.15, 0.2) is 5.11 Å². The maximum absolute atomic E-state index is 12.7. The number of benzene rings is 1. The van der Waals surface area contributed by atoms with E-state index in [1.807, 2.05) is 18.2 Å². The van der Waals surface area contributed by atoms with E-state index < -0.39 is 0 Å². The number of pyridine rings is 1. The lowest BCUT2D eigenvalue weighted by molar-refractivity contribution is -0.895. The molecule has 160 valence electrons.